The smallest absolute Gasteiger partial charge is 0.312 e. The maximum atomic E-state index is 10.8. The quantitative estimate of drug-likeness (QED) is 0.408. The number of rotatable bonds is 8. The molecule has 0 aliphatic carbocycles. The van der Waals surface area contributed by atoms with Crippen molar-refractivity contribution in [2.45, 2.75) is 0 Å². The van der Waals surface area contributed by atoms with Crippen molar-refractivity contribution < 1.29 is 22.8 Å². The number of hydrogen-bond donors (Lipinski definition) is 1. The van der Waals surface area contributed by atoms with E-state index in [0.717, 1.165) is 6.07 Å². The number of ether oxygens (including phenoxy) is 2. The molecule has 114 valence electrons. The van der Waals surface area contributed by atoms with Gasteiger partial charge in [-0.1, -0.05) is 0 Å². The van der Waals surface area contributed by atoms with E-state index >= 15 is 0 Å². The van der Waals surface area contributed by atoms with Crippen LogP contribution in [0.3, 0.4) is 0 Å². The van der Waals surface area contributed by atoms with Gasteiger partial charge in [-0.25, -0.2) is 13.6 Å². The molecule has 2 N–H and O–H groups in total. The Labute approximate surface area is 121 Å². The van der Waals surface area contributed by atoms with Crippen molar-refractivity contribution in [1.82, 2.24) is 0 Å². The molecule has 0 saturated carbocycles. The van der Waals surface area contributed by atoms with Gasteiger partial charge in [0.25, 0.3) is 0 Å². The number of nitrogens with zero attached hydrogens (tertiary/aromatic N) is 2. The van der Waals surface area contributed by atoms with Gasteiger partial charge < -0.3 is 9.47 Å². The summed E-state index contributed by atoms with van der Waals surface area (Å²) in [4.78, 5) is 10.2. The van der Waals surface area contributed by atoms with Crippen molar-refractivity contribution in [3.05, 3.63) is 33.9 Å². The highest BCUT2D eigenvalue weighted by atomic mass is 32.2. The molecule has 0 aliphatic rings. The van der Waals surface area contributed by atoms with Crippen LogP contribution in [0, 0.1) is 21.4 Å². The van der Waals surface area contributed by atoms with Gasteiger partial charge in [0.2, 0.25) is 10.0 Å². The van der Waals surface area contributed by atoms with Crippen LogP contribution in [0.25, 0.3) is 0 Å². The summed E-state index contributed by atoms with van der Waals surface area (Å²) in [5, 5.41) is 24.3. The lowest BCUT2D eigenvalue weighted by Gasteiger charge is -2.07. The second kappa shape index (κ2) is 7.53. The van der Waals surface area contributed by atoms with Gasteiger partial charge in [0, 0.05) is 6.07 Å². The molecule has 1 aromatic carbocycles. The zero-order valence-corrected chi connectivity index (χ0v) is 11.7. The predicted octanol–water partition coefficient (Wildman–Crippen LogP) is 0.150. The third-order valence-corrected chi connectivity index (χ3v) is 3.02. The number of nitrogens with two attached hydrogens (primary N) is 1. The fourth-order valence-electron chi connectivity index (χ4n) is 1.34. The minimum atomic E-state index is -3.57. The first-order chi connectivity index (χ1) is 9.83. The normalized spacial score (nSPS) is 10.9. The Bertz CT molecular complexity index is 652. The van der Waals surface area contributed by atoms with Crippen LogP contribution in [-0.4, -0.2) is 38.9 Å². The van der Waals surface area contributed by atoms with E-state index in [1.807, 2.05) is 0 Å². The first kappa shape index (κ1) is 16.8. The molecule has 0 heterocycles. The molecule has 0 aromatic heterocycles. The van der Waals surface area contributed by atoms with E-state index in [2.05, 4.69) is 0 Å². The van der Waals surface area contributed by atoms with E-state index < -0.39 is 14.9 Å². The maximum Gasteiger partial charge on any atom is 0.312 e. The first-order valence-corrected chi connectivity index (χ1v) is 7.44. The van der Waals surface area contributed by atoms with Crippen molar-refractivity contribution in [3.63, 3.8) is 0 Å². The van der Waals surface area contributed by atoms with Crippen LogP contribution >= 0.6 is 0 Å². The van der Waals surface area contributed by atoms with Crippen molar-refractivity contribution >= 4 is 15.7 Å². The Morgan fingerprint density at radius 2 is 2.05 bits per heavy atom. The molecule has 0 unspecified atom stereocenters. The molecule has 0 radical (unpaired) electrons. The summed E-state index contributed by atoms with van der Waals surface area (Å²) in [7, 11) is -3.57. The van der Waals surface area contributed by atoms with Crippen LogP contribution in [0.4, 0.5) is 5.69 Å². The Balaban J connectivity index is 2.49. The molecule has 1 aromatic rings. The number of primary sulfonamides is 1. The van der Waals surface area contributed by atoms with Gasteiger partial charge in [0.15, 0.2) is 5.75 Å². The van der Waals surface area contributed by atoms with E-state index in [1.54, 1.807) is 6.07 Å². The third-order valence-electron chi connectivity index (χ3n) is 2.28. The van der Waals surface area contributed by atoms with E-state index in [4.69, 9.17) is 19.9 Å². The van der Waals surface area contributed by atoms with Crippen LogP contribution in [0.2, 0.25) is 0 Å². The minimum absolute atomic E-state index is 0.00262. The van der Waals surface area contributed by atoms with Crippen molar-refractivity contribution in [2.75, 3.05) is 25.6 Å². The average molecular weight is 315 g/mol. The van der Waals surface area contributed by atoms with Crippen molar-refractivity contribution in [3.8, 4) is 11.8 Å². The molecule has 0 spiro atoms. The average Bonchev–Trinajstić information content (AvgIpc) is 2.41. The number of nitro groups is 1. The SMILES string of the molecule is N#Cc1ccc(OCCOCCS(N)(=O)=O)c([N+](=O)[O-])c1. The molecular weight excluding hydrogens is 302 g/mol. The summed E-state index contributed by atoms with van der Waals surface area (Å²) in [6, 6.07) is 5.62. The first-order valence-electron chi connectivity index (χ1n) is 5.73. The highest BCUT2D eigenvalue weighted by Crippen LogP contribution is 2.27. The molecule has 1 rings (SSSR count). The number of nitriles is 1. The predicted molar refractivity (Wildman–Crippen MR) is 72.1 cm³/mol. The van der Waals surface area contributed by atoms with Crippen LogP contribution in [0.15, 0.2) is 18.2 Å². The molecule has 0 aliphatic heterocycles. The largest absolute Gasteiger partial charge is 0.484 e. The Morgan fingerprint density at radius 3 is 2.62 bits per heavy atom. The van der Waals surface area contributed by atoms with Gasteiger partial charge in [0.05, 0.1) is 35.5 Å². The van der Waals surface area contributed by atoms with Gasteiger partial charge in [0.1, 0.15) is 6.61 Å². The lowest BCUT2D eigenvalue weighted by molar-refractivity contribution is -0.385. The summed E-state index contributed by atoms with van der Waals surface area (Å²) >= 11 is 0. The molecule has 0 fully saturated rings. The topological polar surface area (TPSA) is 146 Å². The van der Waals surface area contributed by atoms with E-state index in [1.165, 1.54) is 12.1 Å². The summed E-state index contributed by atoms with van der Waals surface area (Å²) < 4.78 is 31.4. The third kappa shape index (κ3) is 6.17. The number of benzene rings is 1. The number of nitro benzene ring substituents is 1. The zero-order chi connectivity index (χ0) is 15.9. The van der Waals surface area contributed by atoms with Gasteiger partial charge in [-0.2, -0.15) is 5.26 Å². The second-order valence-corrected chi connectivity index (χ2v) is 5.61. The highest BCUT2D eigenvalue weighted by molar-refractivity contribution is 7.89. The summed E-state index contributed by atoms with van der Waals surface area (Å²) in [6.45, 7) is -0.0400. The van der Waals surface area contributed by atoms with Crippen molar-refractivity contribution in [2.24, 2.45) is 5.14 Å². The zero-order valence-electron chi connectivity index (χ0n) is 10.9. The van der Waals surface area contributed by atoms with E-state index in [0.29, 0.717) is 0 Å². The van der Waals surface area contributed by atoms with Gasteiger partial charge in [-0.05, 0) is 12.1 Å². The summed E-state index contributed by atoms with van der Waals surface area (Å²) in [6.07, 6.45) is 0. The Hall–Kier alpha value is -2.22. The second-order valence-electron chi connectivity index (χ2n) is 3.88. The molecule has 21 heavy (non-hydrogen) atoms. The fourth-order valence-corrected chi connectivity index (χ4v) is 1.69. The lowest BCUT2D eigenvalue weighted by Crippen LogP contribution is -2.21. The van der Waals surface area contributed by atoms with Crippen LogP contribution in [0.5, 0.6) is 5.75 Å². The molecule has 0 atom stereocenters. The standard InChI is InChI=1S/C11H13N3O6S/c12-8-9-1-2-11(10(7-9)14(15)16)20-4-3-19-5-6-21(13,17)18/h1-2,7H,3-6H2,(H2,13,17,18). The fraction of sp³-hybridized carbons (Fsp3) is 0.364. The van der Waals surface area contributed by atoms with E-state index in [9.17, 15) is 18.5 Å². The van der Waals surface area contributed by atoms with Gasteiger partial charge in [-0.15, -0.1) is 0 Å². The molecule has 9 nitrogen and oxygen atoms in total. The Kier molecular flexibility index (Phi) is 6.04. The van der Waals surface area contributed by atoms with Crippen molar-refractivity contribution in [1.29, 1.82) is 5.26 Å². The molecule has 0 bridgehead atoms. The van der Waals surface area contributed by atoms with Gasteiger partial charge >= 0.3 is 5.69 Å². The number of hydrogen-bond acceptors (Lipinski definition) is 7. The molecular formula is C11H13N3O6S. The lowest BCUT2D eigenvalue weighted by atomic mass is 10.2. The van der Waals surface area contributed by atoms with Crippen LogP contribution in [0.1, 0.15) is 5.56 Å². The van der Waals surface area contributed by atoms with Crippen LogP contribution in [-0.2, 0) is 14.8 Å². The maximum absolute atomic E-state index is 10.8. The minimum Gasteiger partial charge on any atom is -0.484 e. The van der Waals surface area contributed by atoms with E-state index in [-0.39, 0.29) is 42.6 Å². The highest BCUT2D eigenvalue weighted by Gasteiger charge is 2.15. The number of sulfonamides is 1. The molecule has 10 heteroatoms. The monoisotopic (exact) mass is 315 g/mol. The Morgan fingerprint density at radius 1 is 1.33 bits per heavy atom. The van der Waals surface area contributed by atoms with Crippen LogP contribution < -0.4 is 9.88 Å². The molecule has 0 amide bonds. The van der Waals surface area contributed by atoms with Gasteiger partial charge in [-0.3, -0.25) is 10.1 Å². The summed E-state index contributed by atoms with van der Waals surface area (Å²) in [5.74, 6) is -0.307. The molecule has 0 saturated heterocycles. The summed E-state index contributed by atoms with van der Waals surface area (Å²) in [5.41, 5.74) is -0.169.